The molecule has 0 saturated carbocycles. The summed E-state index contributed by atoms with van der Waals surface area (Å²) in [6.07, 6.45) is 0. The summed E-state index contributed by atoms with van der Waals surface area (Å²) < 4.78 is 5.73. The molecule has 0 atom stereocenters. The summed E-state index contributed by atoms with van der Waals surface area (Å²) in [5.41, 5.74) is 1.06. The van der Waals surface area contributed by atoms with Gasteiger partial charge in [0.1, 0.15) is 0 Å². The Kier molecular flexibility index (Phi) is 6.18. The maximum atomic E-state index is 12.4. The number of hydrogen-bond acceptors (Lipinski definition) is 8. The number of nitro benzene ring substituents is 1. The molecule has 3 N–H and O–H groups in total. The number of fused-ring (bicyclic) bond motifs is 1. The fourth-order valence-electron chi connectivity index (χ4n) is 2.54. The number of methoxy groups -OCH3 is 1. The van der Waals surface area contributed by atoms with Gasteiger partial charge in [0.05, 0.1) is 22.2 Å². The molecule has 30 heavy (non-hydrogen) atoms. The standard InChI is InChI=1S/C18H15N5O5S2/c1-9(24)19-11-4-5-12-15(8-11)30-18(20-12)22-17(29)21-16(25)10-3-6-14(28-2)13(7-10)23(26)27/h3-8H,1-2H3,(H,19,24)(H2,20,21,22,25,29). The van der Waals surface area contributed by atoms with E-state index in [0.29, 0.717) is 16.3 Å². The first-order chi connectivity index (χ1) is 14.3. The Bertz CT molecular complexity index is 1180. The molecule has 0 saturated heterocycles. The summed E-state index contributed by atoms with van der Waals surface area (Å²) in [7, 11) is 1.30. The number of carbonyl (C=O) groups excluding carboxylic acids is 2. The van der Waals surface area contributed by atoms with Crippen molar-refractivity contribution in [3.05, 3.63) is 52.1 Å². The first-order valence-corrected chi connectivity index (χ1v) is 9.62. The van der Waals surface area contributed by atoms with Crippen LogP contribution < -0.4 is 20.7 Å². The van der Waals surface area contributed by atoms with Crippen molar-refractivity contribution in [3.8, 4) is 5.75 Å². The van der Waals surface area contributed by atoms with Crippen LogP contribution in [-0.2, 0) is 4.79 Å². The minimum absolute atomic E-state index is 0.0142. The van der Waals surface area contributed by atoms with Gasteiger partial charge in [0, 0.05) is 24.2 Å². The van der Waals surface area contributed by atoms with Crippen LogP contribution in [0.5, 0.6) is 5.75 Å². The first-order valence-electron chi connectivity index (χ1n) is 8.40. The molecule has 0 unspecified atom stereocenters. The lowest BCUT2D eigenvalue weighted by Crippen LogP contribution is -2.34. The van der Waals surface area contributed by atoms with E-state index in [-0.39, 0.29) is 28.0 Å². The van der Waals surface area contributed by atoms with E-state index in [1.807, 2.05) is 0 Å². The lowest BCUT2D eigenvalue weighted by Gasteiger charge is -2.08. The summed E-state index contributed by atoms with van der Waals surface area (Å²) >= 11 is 6.42. The van der Waals surface area contributed by atoms with Crippen molar-refractivity contribution >= 4 is 67.2 Å². The summed E-state index contributed by atoms with van der Waals surface area (Å²) in [6, 6.07) is 9.09. The van der Waals surface area contributed by atoms with Gasteiger partial charge in [0.25, 0.3) is 5.91 Å². The van der Waals surface area contributed by atoms with Crippen molar-refractivity contribution < 1.29 is 19.2 Å². The molecule has 154 valence electrons. The van der Waals surface area contributed by atoms with Gasteiger partial charge in [0.2, 0.25) is 5.91 Å². The Morgan fingerprint density at radius 3 is 2.63 bits per heavy atom. The zero-order chi connectivity index (χ0) is 21.8. The predicted molar refractivity (Wildman–Crippen MR) is 117 cm³/mol. The molecule has 0 aliphatic carbocycles. The predicted octanol–water partition coefficient (Wildman–Crippen LogP) is 3.30. The maximum absolute atomic E-state index is 12.4. The fourth-order valence-corrected chi connectivity index (χ4v) is 3.70. The van der Waals surface area contributed by atoms with Crippen molar-refractivity contribution in [1.82, 2.24) is 10.3 Å². The maximum Gasteiger partial charge on any atom is 0.311 e. The number of nitrogens with one attached hydrogen (secondary N) is 3. The normalized spacial score (nSPS) is 10.3. The number of carbonyl (C=O) groups is 2. The zero-order valence-electron chi connectivity index (χ0n) is 15.7. The third-order valence-corrected chi connectivity index (χ3v) is 4.93. The number of ether oxygens (including phenoxy) is 1. The second-order valence-corrected chi connectivity index (χ2v) is 7.37. The molecule has 12 heteroatoms. The van der Waals surface area contributed by atoms with E-state index < -0.39 is 10.8 Å². The van der Waals surface area contributed by atoms with Gasteiger partial charge in [-0.3, -0.25) is 25.0 Å². The van der Waals surface area contributed by atoms with Crippen molar-refractivity contribution in [2.75, 3.05) is 17.7 Å². The average molecular weight is 445 g/mol. The van der Waals surface area contributed by atoms with E-state index in [1.165, 1.54) is 37.5 Å². The number of nitrogens with zero attached hydrogens (tertiary/aromatic N) is 2. The molecule has 0 fully saturated rings. The lowest BCUT2D eigenvalue weighted by molar-refractivity contribution is -0.385. The van der Waals surface area contributed by atoms with Crippen LogP contribution in [0, 0.1) is 10.1 Å². The lowest BCUT2D eigenvalue weighted by atomic mass is 10.2. The van der Waals surface area contributed by atoms with Gasteiger partial charge < -0.3 is 15.4 Å². The van der Waals surface area contributed by atoms with E-state index >= 15 is 0 Å². The number of rotatable bonds is 5. The van der Waals surface area contributed by atoms with Crippen LogP contribution >= 0.6 is 23.6 Å². The largest absolute Gasteiger partial charge is 0.490 e. The highest BCUT2D eigenvalue weighted by molar-refractivity contribution is 7.80. The average Bonchev–Trinajstić information content (AvgIpc) is 3.07. The van der Waals surface area contributed by atoms with Crippen LogP contribution in [0.25, 0.3) is 10.2 Å². The molecule has 0 bridgehead atoms. The molecular formula is C18H15N5O5S2. The fraction of sp³-hybridized carbons (Fsp3) is 0.111. The zero-order valence-corrected chi connectivity index (χ0v) is 17.3. The first kappa shape index (κ1) is 21.1. The number of benzene rings is 2. The Balaban J connectivity index is 1.70. The number of hydrogen-bond donors (Lipinski definition) is 3. The second kappa shape index (κ2) is 8.80. The Labute approximate surface area is 179 Å². The molecule has 3 aromatic rings. The molecule has 0 aliphatic heterocycles. The molecule has 1 aromatic heterocycles. The Hall–Kier alpha value is -3.64. The van der Waals surface area contributed by atoms with Crippen molar-refractivity contribution in [1.29, 1.82) is 0 Å². The summed E-state index contributed by atoms with van der Waals surface area (Å²) in [4.78, 5) is 38.4. The molecule has 10 nitrogen and oxygen atoms in total. The highest BCUT2D eigenvalue weighted by atomic mass is 32.1. The van der Waals surface area contributed by atoms with Crippen LogP contribution in [0.1, 0.15) is 17.3 Å². The third-order valence-electron chi connectivity index (χ3n) is 3.79. The highest BCUT2D eigenvalue weighted by Crippen LogP contribution is 2.29. The number of thiocarbonyl (C=S) groups is 1. The van der Waals surface area contributed by atoms with Crippen LogP contribution in [0.3, 0.4) is 0 Å². The van der Waals surface area contributed by atoms with Crippen molar-refractivity contribution in [2.45, 2.75) is 6.92 Å². The van der Waals surface area contributed by atoms with E-state index in [0.717, 1.165) is 10.8 Å². The minimum atomic E-state index is -0.636. The molecule has 0 radical (unpaired) electrons. The monoisotopic (exact) mass is 445 g/mol. The van der Waals surface area contributed by atoms with Crippen molar-refractivity contribution in [3.63, 3.8) is 0 Å². The van der Waals surface area contributed by atoms with Gasteiger partial charge in [-0.1, -0.05) is 11.3 Å². The number of amides is 2. The van der Waals surface area contributed by atoms with Crippen LogP contribution in [0.2, 0.25) is 0 Å². The van der Waals surface area contributed by atoms with Gasteiger partial charge in [-0.25, -0.2) is 4.98 Å². The molecule has 3 rings (SSSR count). The van der Waals surface area contributed by atoms with E-state index in [9.17, 15) is 19.7 Å². The third kappa shape index (κ3) is 4.85. The van der Waals surface area contributed by atoms with Gasteiger partial charge in [-0.05, 0) is 42.5 Å². The SMILES string of the molecule is COc1ccc(C(=O)NC(=S)Nc2nc3ccc(NC(C)=O)cc3s2)cc1[N+](=O)[O-]. The number of anilines is 2. The molecular weight excluding hydrogens is 430 g/mol. The van der Waals surface area contributed by atoms with Crippen LogP contribution in [0.15, 0.2) is 36.4 Å². The van der Waals surface area contributed by atoms with E-state index in [1.54, 1.807) is 18.2 Å². The molecule has 2 aromatic carbocycles. The summed E-state index contributed by atoms with van der Waals surface area (Å²) in [5.74, 6) is -0.752. The van der Waals surface area contributed by atoms with Crippen LogP contribution in [0.4, 0.5) is 16.5 Å². The Morgan fingerprint density at radius 2 is 1.97 bits per heavy atom. The summed E-state index contributed by atoms with van der Waals surface area (Å²) in [6.45, 7) is 1.42. The smallest absolute Gasteiger partial charge is 0.311 e. The topological polar surface area (TPSA) is 135 Å². The van der Waals surface area contributed by atoms with Gasteiger partial charge >= 0.3 is 5.69 Å². The van der Waals surface area contributed by atoms with Gasteiger partial charge in [0.15, 0.2) is 16.0 Å². The number of thiazole rings is 1. The van der Waals surface area contributed by atoms with Crippen LogP contribution in [-0.4, -0.2) is 33.9 Å². The number of aromatic nitrogens is 1. The summed E-state index contributed by atoms with van der Waals surface area (Å²) in [5, 5.41) is 19.5. The van der Waals surface area contributed by atoms with E-state index in [2.05, 4.69) is 20.9 Å². The molecule has 0 spiro atoms. The van der Waals surface area contributed by atoms with E-state index in [4.69, 9.17) is 17.0 Å². The second-order valence-electron chi connectivity index (χ2n) is 5.93. The van der Waals surface area contributed by atoms with Gasteiger partial charge in [-0.2, -0.15) is 0 Å². The Morgan fingerprint density at radius 1 is 1.20 bits per heavy atom. The van der Waals surface area contributed by atoms with Crippen molar-refractivity contribution in [2.24, 2.45) is 0 Å². The number of nitro groups is 1. The minimum Gasteiger partial charge on any atom is -0.490 e. The highest BCUT2D eigenvalue weighted by Gasteiger charge is 2.19. The molecule has 2 amide bonds. The molecule has 1 heterocycles. The quantitative estimate of drug-likeness (QED) is 0.309. The van der Waals surface area contributed by atoms with Gasteiger partial charge in [-0.15, -0.1) is 0 Å². The molecule has 0 aliphatic rings.